The third kappa shape index (κ3) is 7.66. The van der Waals surface area contributed by atoms with Crippen molar-refractivity contribution in [3.05, 3.63) is 0 Å². The first kappa shape index (κ1) is 13.6. The van der Waals surface area contributed by atoms with Crippen LogP contribution in [0.5, 0.6) is 0 Å². The first-order chi connectivity index (χ1) is 7.10. The molecule has 0 aliphatic heterocycles. The zero-order chi connectivity index (χ0) is 11.7. The number of carbonyl (C=O) groups excluding carboxylic acids is 3. The minimum Gasteiger partial charge on any atom is -0.426 e. The van der Waals surface area contributed by atoms with Crippen molar-refractivity contribution in [3.8, 4) is 0 Å². The van der Waals surface area contributed by atoms with Gasteiger partial charge in [0.1, 0.15) is 0 Å². The molecule has 0 atom stereocenters. The molecule has 0 aromatic heterocycles. The van der Waals surface area contributed by atoms with Gasteiger partial charge >= 0.3 is 12.1 Å². The molecule has 0 aromatic carbocycles. The Morgan fingerprint density at radius 3 is 2.13 bits per heavy atom. The number of rotatable bonds is 6. The second-order valence-electron chi connectivity index (χ2n) is 3.05. The summed E-state index contributed by atoms with van der Waals surface area (Å²) in [6.07, 6.45) is 0.721. The molecule has 0 aliphatic rings. The summed E-state index contributed by atoms with van der Waals surface area (Å²) in [4.78, 5) is 32.6. The summed E-state index contributed by atoms with van der Waals surface area (Å²) in [6, 6.07) is 0. The summed E-state index contributed by atoms with van der Waals surface area (Å²) >= 11 is 0. The van der Waals surface area contributed by atoms with Crippen molar-refractivity contribution >= 4 is 17.9 Å². The Morgan fingerprint density at radius 2 is 1.60 bits per heavy atom. The maximum Gasteiger partial charge on any atom is 0.516 e. The molecule has 5 heteroatoms. The van der Waals surface area contributed by atoms with E-state index in [2.05, 4.69) is 9.47 Å². The van der Waals surface area contributed by atoms with E-state index in [-0.39, 0.29) is 18.8 Å². The third-order valence-corrected chi connectivity index (χ3v) is 1.53. The van der Waals surface area contributed by atoms with E-state index >= 15 is 0 Å². The Hall–Kier alpha value is -1.39. The van der Waals surface area contributed by atoms with Crippen LogP contribution in [-0.2, 0) is 19.1 Å². The van der Waals surface area contributed by atoms with Gasteiger partial charge in [-0.2, -0.15) is 0 Å². The van der Waals surface area contributed by atoms with Crippen molar-refractivity contribution in [2.75, 3.05) is 6.61 Å². The van der Waals surface area contributed by atoms with Gasteiger partial charge in [-0.1, -0.05) is 13.8 Å². The molecule has 0 aliphatic carbocycles. The smallest absolute Gasteiger partial charge is 0.426 e. The molecule has 0 spiro atoms. The molecule has 0 radical (unpaired) electrons. The van der Waals surface area contributed by atoms with E-state index in [4.69, 9.17) is 0 Å². The van der Waals surface area contributed by atoms with Crippen molar-refractivity contribution in [2.24, 2.45) is 0 Å². The molecule has 0 saturated heterocycles. The minimum absolute atomic E-state index is 0.165. The fraction of sp³-hybridized carbons (Fsp3) is 0.700. The fourth-order valence-electron chi connectivity index (χ4n) is 0.868. The second kappa shape index (κ2) is 7.96. The molecule has 15 heavy (non-hydrogen) atoms. The van der Waals surface area contributed by atoms with Crippen LogP contribution >= 0.6 is 0 Å². The lowest BCUT2D eigenvalue weighted by molar-refractivity contribution is -0.141. The average Bonchev–Trinajstić information content (AvgIpc) is 2.15. The lowest BCUT2D eigenvalue weighted by Crippen LogP contribution is -2.17. The van der Waals surface area contributed by atoms with Crippen molar-refractivity contribution in [2.45, 2.75) is 39.5 Å². The van der Waals surface area contributed by atoms with Crippen LogP contribution in [0.2, 0.25) is 0 Å². The number of hydrogen-bond acceptors (Lipinski definition) is 5. The van der Waals surface area contributed by atoms with Crippen LogP contribution in [0.25, 0.3) is 0 Å². The van der Waals surface area contributed by atoms with E-state index in [0.29, 0.717) is 19.3 Å². The fourth-order valence-corrected chi connectivity index (χ4v) is 0.868. The Bertz CT molecular complexity index is 234. The van der Waals surface area contributed by atoms with Gasteiger partial charge in [0, 0.05) is 12.8 Å². The second-order valence-corrected chi connectivity index (χ2v) is 3.05. The van der Waals surface area contributed by atoms with Gasteiger partial charge in [0.2, 0.25) is 0 Å². The largest absolute Gasteiger partial charge is 0.516 e. The van der Waals surface area contributed by atoms with Crippen LogP contribution in [0, 0.1) is 0 Å². The quantitative estimate of drug-likeness (QED) is 0.500. The SMILES string of the molecule is CCCC(=O)COC(=O)OC(=O)CCC. The van der Waals surface area contributed by atoms with Crippen LogP contribution < -0.4 is 0 Å². The number of Topliss-reactive ketones (excluding diaryl/α,β-unsaturated/α-hetero) is 1. The van der Waals surface area contributed by atoms with E-state index < -0.39 is 12.1 Å². The van der Waals surface area contributed by atoms with Crippen LogP contribution in [0.15, 0.2) is 0 Å². The van der Waals surface area contributed by atoms with E-state index in [1.54, 1.807) is 6.92 Å². The first-order valence-corrected chi connectivity index (χ1v) is 4.99. The lowest BCUT2D eigenvalue weighted by Gasteiger charge is -2.03. The maximum atomic E-state index is 10.9. The van der Waals surface area contributed by atoms with Gasteiger partial charge in [-0.3, -0.25) is 9.59 Å². The molecule has 5 nitrogen and oxygen atoms in total. The molecule has 0 rings (SSSR count). The monoisotopic (exact) mass is 216 g/mol. The van der Waals surface area contributed by atoms with Crippen molar-refractivity contribution in [1.29, 1.82) is 0 Å². The maximum absolute atomic E-state index is 10.9. The molecule has 0 amide bonds. The van der Waals surface area contributed by atoms with Crippen LogP contribution in [0.3, 0.4) is 0 Å². The van der Waals surface area contributed by atoms with Gasteiger partial charge in [0.25, 0.3) is 0 Å². The highest BCUT2D eigenvalue weighted by molar-refractivity contribution is 5.84. The Morgan fingerprint density at radius 1 is 1.00 bits per heavy atom. The lowest BCUT2D eigenvalue weighted by atomic mass is 10.2. The summed E-state index contributed by atoms with van der Waals surface area (Å²) < 4.78 is 8.71. The Labute approximate surface area is 88.7 Å². The van der Waals surface area contributed by atoms with Crippen LogP contribution in [-0.4, -0.2) is 24.5 Å². The molecule has 0 unspecified atom stereocenters. The highest BCUT2D eigenvalue weighted by Gasteiger charge is 2.12. The normalized spacial score (nSPS) is 9.47. The summed E-state index contributed by atoms with van der Waals surface area (Å²) in [5.41, 5.74) is 0. The van der Waals surface area contributed by atoms with E-state index in [1.807, 2.05) is 6.92 Å². The number of hydrogen-bond donors (Lipinski definition) is 0. The summed E-state index contributed by atoms with van der Waals surface area (Å²) in [5.74, 6) is -0.817. The summed E-state index contributed by atoms with van der Waals surface area (Å²) in [6.45, 7) is 3.31. The molecule has 86 valence electrons. The highest BCUT2D eigenvalue weighted by Crippen LogP contribution is 1.96. The zero-order valence-electron chi connectivity index (χ0n) is 9.08. The van der Waals surface area contributed by atoms with Crippen molar-refractivity contribution in [1.82, 2.24) is 0 Å². The highest BCUT2D eigenvalue weighted by atomic mass is 16.7. The first-order valence-electron chi connectivity index (χ1n) is 4.99. The molecular weight excluding hydrogens is 200 g/mol. The minimum atomic E-state index is -1.10. The van der Waals surface area contributed by atoms with E-state index in [9.17, 15) is 14.4 Å². The number of ketones is 1. The Balaban J connectivity index is 3.66. The van der Waals surface area contributed by atoms with E-state index in [0.717, 1.165) is 0 Å². The molecule has 0 heterocycles. The predicted octanol–water partition coefficient (Wildman–Crippen LogP) is 1.84. The van der Waals surface area contributed by atoms with Gasteiger partial charge in [-0.05, 0) is 12.8 Å². The predicted molar refractivity (Wildman–Crippen MR) is 52.3 cm³/mol. The molecule has 0 fully saturated rings. The van der Waals surface area contributed by atoms with Crippen molar-refractivity contribution < 1.29 is 23.9 Å². The molecular formula is C10H16O5. The summed E-state index contributed by atoms with van der Waals surface area (Å²) in [5, 5.41) is 0. The van der Waals surface area contributed by atoms with Crippen molar-refractivity contribution in [3.63, 3.8) is 0 Å². The van der Waals surface area contributed by atoms with Gasteiger partial charge in [0.05, 0.1) is 0 Å². The van der Waals surface area contributed by atoms with Crippen LogP contribution in [0.1, 0.15) is 39.5 Å². The van der Waals surface area contributed by atoms with E-state index in [1.165, 1.54) is 0 Å². The average molecular weight is 216 g/mol. The molecule has 0 aromatic rings. The topological polar surface area (TPSA) is 69.7 Å². The zero-order valence-corrected chi connectivity index (χ0v) is 9.08. The number of esters is 1. The van der Waals surface area contributed by atoms with Gasteiger partial charge in [-0.15, -0.1) is 0 Å². The summed E-state index contributed by atoms with van der Waals surface area (Å²) in [7, 11) is 0. The molecule has 0 saturated carbocycles. The Kier molecular flexibility index (Phi) is 7.23. The number of carbonyl (C=O) groups is 3. The molecule has 0 N–H and O–H groups in total. The van der Waals surface area contributed by atoms with Gasteiger partial charge in [-0.25, -0.2) is 4.79 Å². The third-order valence-electron chi connectivity index (χ3n) is 1.53. The molecule has 0 bridgehead atoms. The van der Waals surface area contributed by atoms with Gasteiger partial charge in [0.15, 0.2) is 12.4 Å². The standard InChI is InChI=1S/C10H16O5/c1-3-5-8(11)7-14-10(13)15-9(12)6-4-2/h3-7H2,1-2H3. The van der Waals surface area contributed by atoms with Crippen LogP contribution in [0.4, 0.5) is 4.79 Å². The number of ether oxygens (including phenoxy) is 2. The van der Waals surface area contributed by atoms with Gasteiger partial charge < -0.3 is 9.47 Å².